The second kappa shape index (κ2) is 9.53. The summed E-state index contributed by atoms with van der Waals surface area (Å²) in [6, 6.07) is 12.1. The van der Waals surface area contributed by atoms with Crippen LogP contribution in [-0.2, 0) is 16.6 Å². The van der Waals surface area contributed by atoms with Crippen molar-refractivity contribution in [1.29, 1.82) is 0 Å². The Morgan fingerprint density at radius 1 is 0.943 bits per heavy atom. The molecule has 182 valence electrons. The minimum absolute atomic E-state index is 0.0184. The van der Waals surface area contributed by atoms with E-state index in [0.29, 0.717) is 21.7 Å². The molecule has 0 aromatic heterocycles. The first-order valence-electron chi connectivity index (χ1n) is 10.3. The summed E-state index contributed by atoms with van der Waals surface area (Å²) in [6.45, 7) is 1.73. The van der Waals surface area contributed by atoms with E-state index in [1.165, 1.54) is 24.3 Å². The molecule has 0 bridgehead atoms. The number of amides is 1. The molecule has 3 nitrogen and oxygen atoms in total. The van der Waals surface area contributed by atoms with Gasteiger partial charge < -0.3 is 5.32 Å². The number of benzene rings is 3. The number of anilines is 1. The van der Waals surface area contributed by atoms with E-state index in [1.807, 2.05) is 0 Å². The van der Waals surface area contributed by atoms with E-state index in [4.69, 9.17) is 58.0 Å². The molecule has 3 aromatic carbocycles. The molecule has 2 unspecified atom stereocenters. The summed E-state index contributed by atoms with van der Waals surface area (Å²) in [5.41, 5.74) is -0.0144. The van der Waals surface area contributed by atoms with E-state index in [2.05, 4.69) is 5.32 Å². The Kier molecular flexibility index (Phi) is 7.13. The average molecular weight is 578 g/mol. The van der Waals surface area contributed by atoms with E-state index >= 15 is 0 Å². The van der Waals surface area contributed by atoms with Crippen LogP contribution in [0.15, 0.2) is 54.6 Å². The molecule has 10 heteroatoms. The van der Waals surface area contributed by atoms with Crippen LogP contribution in [0.4, 0.5) is 14.5 Å². The van der Waals surface area contributed by atoms with E-state index in [9.17, 15) is 18.4 Å². The van der Waals surface area contributed by atoms with Crippen LogP contribution in [0.5, 0.6) is 0 Å². The first-order valence-corrected chi connectivity index (χ1v) is 12.2. The summed E-state index contributed by atoms with van der Waals surface area (Å²) in [4.78, 5) is 25.9. The Morgan fingerprint density at radius 3 is 2.23 bits per heavy atom. The monoisotopic (exact) mass is 575 g/mol. The highest BCUT2D eigenvalue weighted by Crippen LogP contribution is 2.70. The van der Waals surface area contributed by atoms with E-state index in [0.717, 1.165) is 6.07 Å². The van der Waals surface area contributed by atoms with Crippen molar-refractivity contribution in [2.24, 2.45) is 5.92 Å². The van der Waals surface area contributed by atoms with Gasteiger partial charge in [-0.25, -0.2) is 8.78 Å². The van der Waals surface area contributed by atoms with Crippen molar-refractivity contribution in [3.05, 3.63) is 98.0 Å². The van der Waals surface area contributed by atoms with Gasteiger partial charge >= 0.3 is 0 Å². The lowest BCUT2D eigenvalue weighted by atomic mass is 9.95. The van der Waals surface area contributed by atoms with Crippen LogP contribution >= 0.6 is 58.0 Å². The number of Topliss-reactive ketones (excluding diaryl/α,β-unsaturated/α-hetero) is 1. The van der Waals surface area contributed by atoms with Crippen LogP contribution in [0.2, 0.25) is 15.1 Å². The lowest BCUT2D eigenvalue weighted by Gasteiger charge is -2.14. The lowest BCUT2D eigenvalue weighted by molar-refractivity contribution is -0.117. The molecule has 3 aromatic rings. The highest BCUT2D eigenvalue weighted by molar-refractivity contribution is 6.54. The van der Waals surface area contributed by atoms with Crippen molar-refractivity contribution in [2.45, 2.75) is 23.1 Å². The van der Waals surface area contributed by atoms with Crippen LogP contribution in [0.3, 0.4) is 0 Å². The highest BCUT2D eigenvalue weighted by atomic mass is 35.5. The molecular weight excluding hydrogens is 562 g/mol. The average Bonchev–Trinajstić information content (AvgIpc) is 3.23. The van der Waals surface area contributed by atoms with Gasteiger partial charge in [0.2, 0.25) is 5.91 Å². The van der Waals surface area contributed by atoms with Crippen molar-refractivity contribution in [3.63, 3.8) is 0 Å². The Hall–Kier alpha value is -1.89. The molecule has 0 aliphatic heterocycles. The number of hydrogen-bond acceptors (Lipinski definition) is 2. The summed E-state index contributed by atoms with van der Waals surface area (Å²) in [7, 11) is 0. The Bertz CT molecular complexity index is 1340. The van der Waals surface area contributed by atoms with Gasteiger partial charge in [-0.2, -0.15) is 0 Å². The Morgan fingerprint density at radius 2 is 1.60 bits per heavy atom. The fourth-order valence-corrected chi connectivity index (χ4v) is 5.85. The third-order valence-corrected chi connectivity index (χ3v) is 8.16. The van der Waals surface area contributed by atoms with Gasteiger partial charge in [-0.1, -0.05) is 71.0 Å². The van der Waals surface area contributed by atoms with Gasteiger partial charge in [0, 0.05) is 39.2 Å². The SMILES string of the molecule is CC1(c2cc(Cl)cc(Cl)c2)C(C(=O)Nc2ccc(Cl)c(C(=O)Cc3ccc(F)cc3F)c2)C1(Cl)Cl. The van der Waals surface area contributed by atoms with Gasteiger partial charge in [-0.3, -0.25) is 9.59 Å². The number of hydrogen-bond donors (Lipinski definition) is 1. The zero-order valence-corrected chi connectivity index (χ0v) is 21.7. The van der Waals surface area contributed by atoms with E-state index in [-0.39, 0.29) is 28.3 Å². The molecule has 0 heterocycles. The number of carbonyl (C=O) groups is 2. The number of carbonyl (C=O) groups excluding carboxylic acids is 2. The normalized spacial score (nSPS) is 20.4. The molecule has 1 saturated carbocycles. The molecule has 1 aliphatic rings. The first-order chi connectivity index (χ1) is 16.3. The van der Waals surface area contributed by atoms with E-state index in [1.54, 1.807) is 25.1 Å². The molecule has 1 N–H and O–H groups in total. The van der Waals surface area contributed by atoms with Gasteiger partial charge in [0.1, 0.15) is 16.0 Å². The standard InChI is InChI=1S/C25H16Cl5F2NO2/c1-24(13-7-14(26)9-15(27)8-13)22(25(24,29)30)23(35)33-17-4-5-19(28)18(11-17)21(34)6-12-2-3-16(31)10-20(12)32/h2-5,7-11,22H,6H2,1H3,(H,33,35). The molecule has 1 fully saturated rings. The molecule has 0 radical (unpaired) electrons. The van der Waals surface area contributed by atoms with Crippen LogP contribution in [0.25, 0.3) is 0 Å². The number of alkyl halides is 2. The van der Waals surface area contributed by atoms with Crippen molar-refractivity contribution in [3.8, 4) is 0 Å². The maximum Gasteiger partial charge on any atom is 0.231 e. The van der Waals surface area contributed by atoms with Crippen LogP contribution < -0.4 is 5.32 Å². The predicted molar refractivity (Wildman–Crippen MR) is 136 cm³/mol. The molecule has 4 rings (SSSR count). The highest BCUT2D eigenvalue weighted by Gasteiger charge is 2.77. The molecular formula is C25H16Cl5F2NO2. The van der Waals surface area contributed by atoms with Gasteiger partial charge in [0.25, 0.3) is 0 Å². The second-order valence-electron chi connectivity index (χ2n) is 8.44. The number of rotatable bonds is 6. The fourth-order valence-electron chi connectivity index (χ4n) is 4.13. The minimum atomic E-state index is -1.43. The smallest absolute Gasteiger partial charge is 0.231 e. The first kappa shape index (κ1) is 26.2. The summed E-state index contributed by atoms with van der Waals surface area (Å²) in [6.07, 6.45) is -0.341. The third kappa shape index (κ3) is 4.90. The third-order valence-electron chi connectivity index (χ3n) is 6.17. The van der Waals surface area contributed by atoms with Gasteiger partial charge in [-0.15, -0.1) is 0 Å². The lowest BCUT2D eigenvalue weighted by Crippen LogP contribution is -2.20. The van der Waals surface area contributed by atoms with Crippen molar-refractivity contribution in [1.82, 2.24) is 0 Å². The van der Waals surface area contributed by atoms with E-state index < -0.39 is 39.0 Å². The zero-order valence-electron chi connectivity index (χ0n) is 17.9. The number of halogens is 7. The number of nitrogens with one attached hydrogen (secondary N) is 1. The van der Waals surface area contributed by atoms with Gasteiger partial charge in [0.15, 0.2) is 5.78 Å². The van der Waals surface area contributed by atoms with Crippen molar-refractivity contribution >= 4 is 75.4 Å². The largest absolute Gasteiger partial charge is 0.326 e. The molecule has 1 aliphatic carbocycles. The molecule has 0 spiro atoms. The molecule has 2 atom stereocenters. The van der Waals surface area contributed by atoms with Crippen LogP contribution in [0, 0.1) is 17.6 Å². The van der Waals surface area contributed by atoms with Crippen molar-refractivity contribution in [2.75, 3.05) is 5.32 Å². The van der Waals surface area contributed by atoms with Crippen LogP contribution in [0.1, 0.15) is 28.4 Å². The molecule has 0 saturated heterocycles. The van der Waals surface area contributed by atoms with Gasteiger partial charge in [-0.05, 0) is 53.6 Å². The Labute approximate surface area is 225 Å². The summed E-state index contributed by atoms with van der Waals surface area (Å²) in [5.74, 6) is -3.43. The predicted octanol–water partition coefficient (Wildman–Crippen LogP) is 8.05. The Balaban J connectivity index is 1.55. The summed E-state index contributed by atoms with van der Waals surface area (Å²) < 4.78 is 25.7. The molecule has 35 heavy (non-hydrogen) atoms. The van der Waals surface area contributed by atoms with Gasteiger partial charge in [0.05, 0.1) is 10.9 Å². The van der Waals surface area contributed by atoms with Crippen molar-refractivity contribution < 1.29 is 18.4 Å². The van der Waals surface area contributed by atoms with Crippen LogP contribution in [-0.4, -0.2) is 16.0 Å². The maximum atomic E-state index is 14.0. The number of ketones is 1. The molecule has 1 amide bonds. The summed E-state index contributed by atoms with van der Waals surface area (Å²) in [5, 5.41) is 3.58. The fraction of sp³-hybridized carbons (Fsp3) is 0.200. The minimum Gasteiger partial charge on any atom is -0.326 e. The quantitative estimate of drug-likeness (QED) is 0.238. The topological polar surface area (TPSA) is 46.2 Å². The second-order valence-corrected chi connectivity index (χ2v) is 11.1. The maximum absolute atomic E-state index is 14.0. The summed E-state index contributed by atoms with van der Waals surface area (Å²) >= 11 is 31.4. The zero-order chi connectivity index (χ0) is 25.7.